The zero-order valence-corrected chi connectivity index (χ0v) is 14.7. The third-order valence-corrected chi connectivity index (χ3v) is 6.25. The van der Waals surface area contributed by atoms with Crippen molar-refractivity contribution in [3.05, 3.63) is 35.9 Å². The highest BCUT2D eigenvalue weighted by Gasteiger charge is 2.50. The standard InChI is InChI=1S/C20H28N2O3/c23-19(17-14-25-13-11-21-17)22-12-10-20(24,15-6-2-1-3-7-15)16-8-4-5-9-18(16)22/h1-3,6-7,16-18,21,24H,4-5,8-14H2/t16?,17-,18?,20?/m1/s1. The minimum atomic E-state index is -0.820. The molecule has 0 aromatic heterocycles. The van der Waals surface area contributed by atoms with E-state index in [1.807, 2.05) is 35.2 Å². The smallest absolute Gasteiger partial charge is 0.242 e. The molecular formula is C20H28N2O3. The second kappa shape index (κ2) is 7.06. The lowest BCUT2D eigenvalue weighted by atomic mass is 9.66. The fourth-order valence-electron chi connectivity index (χ4n) is 4.97. The molecule has 4 rings (SSSR count). The number of ether oxygens (including phenoxy) is 1. The van der Waals surface area contributed by atoms with E-state index in [4.69, 9.17) is 4.74 Å². The fraction of sp³-hybridized carbons (Fsp3) is 0.650. The summed E-state index contributed by atoms with van der Waals surface area (Å²) < 4.78 is 5.48. The normalized spacial score (nSPS) is 35.9. The molecule has 136 valence electrons. The fourth-order valence-corrected chi connectivity index (χ4v) is 4.97. The summed E-state index contributed by atoms with van der Waals surface area (Å²) in [5.74, 6) is 0.262. The van der Waals surface area contributed by atoms with Gasteiger partial charge in [-0.15, -0.1) is 0 Å². The van der Waals surface area contributed by atoms with Gasteiger partial charge in [0.2, 0.25) is 5.91 Å². The van der Waals surface area contributed by atoms with Gasteiger partial charge in [-0.1, -0.05) is 43.2 Å². The van der Waals surface area contributed by atoms with Crippen LogP contribution < -0.4 is 5.32 Å². The summed E-state index contributed by atoms with van der Waals surface area (Å²) in [4.78, 5) is 15.1. The molecule has 2 saturated heterocycles. The number of morpholine rings is 1. The first kappa shape index (κ1) is 17.0. The van der Waals surface area contributed by atoms with Crippen LogP contribution in [0.25, 0.3) is 0 Å². The molecule has 25 heavy (non-hydrogen) atoms. The topological polar surface area (TPSA) is 61.8 Å². The quantitative estimate of drug-likeness (QED) is 0.856. The van der Waals surface area contributed by atoms with E-state index in [2.05, 4.69) is 5.32 Å². The Labute approximate surface area is 149 Å². The van der Waals surface area contributed by atoms with Crippen molar-refractivity contribution < 1.29 is 14.6 Å². The van der Waals surface area contributed by atoms with Gasteiger partial charge in [0.1, 0.15) is 6.04 Å². The molecular weight excluding hydrogens is 316 g/mol. The summed E-state index contributed by atoms with van der Waals surface area (Å²) in [5, 5.41) is 14.9. The Hall–Kier alpha value is -1.43. The van der Waals surface area contributed by atoms with Crippen molar-refractivity contribution >= 4 is 5.91 Å². The van der Waals surface area contributed by atoms with Gasteiger partial charge in [0.25, 0.3) is 0 Å². The molecule has 5 heteroatoms. The number of amides is 1. The van der Waals surface area contributed by atoms with Crippen molar-refractivity contribution in [3.8, 4) is 0 Å². The first-order valence-electron chi connectivity index (χ1n) is 9.60. The number of hydrogen-bond acceptors (Lipinski definition) is 4. The summed E-state index contributed by atoms with van der Waals surface area (Å²) in [6.07, 6.45) is 4.83. The number of carbonyl (C=O) groups excluding carboxylic acids is 1. The van der Waals surface area contributed by atoms with Gasteiger partial charge in [-0.25, -0.2) is 0 Å². The molecule has 0 spiro atoms. The van der Waals surface area contributed by atoms with Crippen LogP contribution in [-0.4, -0.2) is 54.3 Å². The molecule has 5 nitrogen and oxygen atoms in total. The van der Waals surface area contributed by atoms with E-state index in [9.17, 15) is 9.90 Å². The second-order valence-electron chi connectivity index (χ2n) is 7.61. The van der Waals surface area contributed by atoms with Crippen molar-refractivity contribution in [2.75, 3.05) is 26.3 Å². The number of benzene rings is 1. The number of nitrogens with zero attached hydrogens (tertiary/aromatic N) is 1. The molecule has 3 aliphatic rings. The second-order valence-corrected chi connectivity index (χ2v) is 7.61. The Bertz CT molecular complexity index is 602. The summed E-state index contributed by atoms with van der Waals surface area (Å²) in [6.45, 7) is 2.47. The van der Waals surface area contributed by atoms with E-state index < -0.39 is 5.60 Å². The highest BCUT2D eigenvalue weighted by atomic mass is 16.5. The van der Waals surface area contributed by atoms with Crippen LogP contribution in [0.5, 0.6) is 0 Å². The van der Waals surface area contributed by atoms with Crippen LogP contribution >= 0.6 is 0 Å². The van der Waals surface area contributed by atoms with Gasteiger partial charge in [-0.2, -0.15) is 0 Å². The highest BCUT2D eigenvalue weighted by molar-refractivity contribution is 5.82. The van der Waals surface area contributed by atoms with Crippen LogP contribution in [0.4, 0.5) is 0 Å². The molecule has 1 aliphatic carbocycles. The molecule has 2 N–H and O–H groups in total. The lowest BCUT2D eigenvalue weighted by molar-refractivity contribution is -0.159. The van der Waals surface area contributed by atoms with Crippen molar-refractivity contribution in [3.63, 3.8) is 0 Å². The van der Waals surface area contributed by atoms with Crippen LogP contribution in [0.3, 0.4) is 0 Å². The molecule has 0 radical (unpaired) electrons. The molecule has 1 amide bonds. The molecule has 1 aromatic rings. The summed E-state index contributed by atoms with van der Waals surface area (Å²) in [6, 6.07) is 9.92. The van der Waals surface area contributed by atoms with E-state index >= 15 is 0 Å². The molecule has 4 atom stereocenters. The maximum Gasteiger partial charge on any atom is 0.242 e. The number of hydrogen-bond donors (Lipinski definition) is 2. The lowest BCUT2D eigenvalue weighted by Gasteiger charge is -2.53. The maximum atomic E-state index is 13.1. The average molecular weight is 344 g/mol. The van der Waals surface area contributed by atoms with Gasteiger partial charge in [0.15, 0.2) is 0 Å². The third-order valence-electron chi connectivity index (χ3n) is 6.25. The van der Waals surface area contributed by atoms with Gasteiger partial charge in [0.05, 0.1) is 18.8 Å². The van der Waals surface area contributed by atoms with E-state index in [0.29, 0.717) is 26.2 Å². The molecule has 2 heterocycles. The minimum Gasteiger partial charge on any atom is -0.385 e. The molecule has 1 aromatic carbocycles. The molecule has 0 bridgehead atoms. The maximum absolute atomic E-state index is 13.1. The van der Waals surface area contributed by atoms with Crippen molar-refractivity contribution in [2.45, 2.75) is 49.8 Å². The van der Waals surface area contributed by atoms with E-state index in [-0.39, 0.29) is 23.9 Å². The monoisotopic (exact) mass is 344 g/mol. The predicted molar refractivity (Wildman–Crippen MR) is 95.0 cm³/mol. The number of nitrogens with one attached hydrogen (secondary N) is 1. The number of carbonyl (C=O) groups is 1. The molecule has 1 saturated carbocycles. The van der Waals surface area contributed by atoms with Gasteiger partial charge in [0, 0.05) is 25.0 Å². The van der Waals surface area contributed by atoms with Gasteiger partial charge in [-0.3, -0.25) is 4.79 Å². The molecule has 2 aliphatic heterocycles. The van der Waals surface area contributed by atoms with E-state index in [0.717, 1.165) is 37.8 Å². The first-order chi connectivity index (χ1) is 12.2. The van der Waals surface area contributed by atoms with Gasteiger partial charge >= 0.3 is 0 Å². The number of rotatable bonds is 2. The first-order valence-corrected chi connectivity index (χ1v) is 9.60. The average Bonchev–Trinajstić information content (AvgIpc) is 2.69. The van der Waals surface area contributed by atoms with Crippen molar-refractivity contribution in [1.82, 2.24) is 10.2 Å². The Morgan fingerprint density at radius 2 is 2.04 bits per heavy atom. The lowest BCUT2D eigenvalue weighted by Crippen LogP contribution is -2.63. The van der Waals surface area contributed by atoms with Crippen LogP contribution in [-0.2, 0) is 15.1 Å². The van der Waals surface area contributed by atoms with Crippen LogP contribution in [0.15, 0.2) is 30.3 Å². The number of piperidine rings is 1. The van der Waals surface area contributed by atoms with Crippen LogP contribution in [0.2, 0.25) is 0 Å². The summed E-state index contributed by atoms with van der Waals surface area (Å²) in [7, 11) is 0. The van der Waals surface area contributed by atoms with Crippen LogP contribution in [0, 0.1) is 5.92 Å². The zero-order chi connectivity index (χ0) is 17.3. The molecule has 3 fully saturated rings. The van der Waals surface area contributed by atoms with Crippen molar-refractivity contribution in [2.24, 2.45) is 5.92 Å². The van der Waals surface area contributed by atoms with Gasteiger partial charge in [-0.05, 0) is 24.8 Å². The van der Waals surface area contributed by atoms with E-state index in [1.54, 1.807) is 0 Å². The Morgan fingerprint density at radius 1 is 1.24 bits per heavy atom. The van der Waals surface area contributed by atoms with Gasteiger partial charge < -0.3 is 20.1 Å². The number of aliphatic hydroxyl groups is 1. The predicted octanol–water partition coefficient (Wildman–Crippen LogP) is 1.65. The number of fused-ring (bicyclic) bond motifs is 1. The highest BCUT2D eigenvalue weighted by Crippen LogP contribution is 2.47. The van der Waals surface area contributed by atoms with E-state index in [1.165, 1.54) is 0 Å². The summed E-state index contributed by atoms with van der Waals surface area (Å²) >= 11 is 0. The SMILES string of the molecule is O=C([C@H]1COCCN1)N1CCC(O)(c2ccccc2)C2CCCCC21. The van der Waals surface area contributed by atoms with Crippen LogP contribution in [0.1, 0.15) is 37.7 Å². The summed E-state index contributed by atoms with van der Waals surface area (Å²) in [5.41, 5.74) is 0.178. The third kappa shape index (κ3) is 3.09. The Morgan fingerprint density at radius 3 is 2.80 bits per heavy atom. The zero-order valence-electron chi connectivity index (χ0n) is 14.7. The minimum absolute atomic E-state index is 0.117. The Kier molecular flexibility index (Phi) is 4.80. The Balaban J connectivity index is 1.59. The largest absolute Gasteiger partial charge is 0.385 e. The molecule has 3 unspecified atom stereocenters. The van der Waals surface area contributed by atoms with Crippen molar-refractivity contribution in [1.29, 1.82) is 0 Å². The number of likely N-dealkylation sites (tertiary alicyclic amines) is 1.